The number of aromatic nitrogens is 1. The summed E-state index contributed by atoms with van der Waals surface area (Å²) in [4.78, 5) is 22.4. The predicted molar refractivity (Wildman–Crippen MR) is 164 cm³/mol. The Morgan fingerprint density at radius 2 is 1.73 bits per heavy atom. The van der Waals surface area contributed by atoms with Crippen LogP contribution in [0.3, 0.4) is 0 Å². The van der Waals surface area contributed by atoms with E-state index in [1.54, 1.807) is 23.5 Å². The van der Waals surface area contributed by atoms with E-state index in [1.807, 2.05) is 24.3 Å². The molecule has 8 nitrogen and oxygen atoms in total. The normalized spacial score (nSPS) is 15.6. The summed E-state index contributed by atoms with van der Waals surface area (Å²) < 4.78 is 29.1. The molecule has 0 bridgehead atoms. The molecular weight excluding hydrogens is 566 g/mol. The zero-order valence-corrected chi connectivity index (χ0v) is 24.7. The van der Waals surface area contributed by atoms with Crippen LogP contribution in [0.25, 0.3) is 10.2 Å². The van der Waals surface area contributed by atoms with Gasteiger partial charge in [0, 0.05) is 51.4 Å². The zero-order chi connectivity index (χ0) is 27.0. The molecule has 1 N–H and O–H groups in total. The van der Waals surface area contributed by atoms with Crippen LogP contribution in [0.15, 0.2) is 71.6 Å². The summed E-state index contributed by atoms with van der Waals surface area (Å²) in [5, 5.41) is 4.05. The molecule has 0 unspecified atom stereocenters. The van der Waals surface area contributed by atoms with Gasteiger partial charge in [-0.1, -0.05) is 35.6 Å². The smallest absolute Gasteiger partial charge is 0.264 e. The van der Waals surface area contributed by atoms with Gasteiger partial charge in [0.25, 0.3) is 15.9 Å². The fraction of sp³-hybridized carbons (Fsp3) is 0.310. The lowest BCUT2D eigenvalue weighted by atomic mass is 10.2. The molecule has 210 valence electrons. The van der Waals surface area contributed by atoms with Crippen molar-refractivity contribution in [3.05, 3.63) is 83.4 Å². The number of carbonyl (C=O) groups excluding carboxylic acids is 1. The Balaban J connectivity index is 0.00000323. The van der Waals surface area contributed by atoms with E-state index in [9.17, 15) is 13.2 Å². The summed E-state index contributed by atoms with van der Waals surface area (Å²) in [6.07, 6.45) is 0.701. The van der Waals surface area contributed by atoms with Gasteiger partial charge in [-0.3, -0.25) is 14.0 Å². The van der Waals surface area contributed by atoms with Crippen molar-refractivity contribution >= 4 is 60.7 Å². The Hall–Kier alpha value is -3.18. The minimum absolute atomic E-state index is 0. The number of nitrogens with one attached hydrogen (secondary N) is 1. The lowest BCUT2D eigenvalue weighted by Crippen LogP contribution is -2.48. The van der Waals surface area contributed by atoms with E-state index < -0.39 is 10.0 Å². The summed E-state index contributed by atoms with van der Waals surface area (Å²) in [5.41, 5.74) is 4.52. The van der Waals surface area contributed by atoms with Crippen LogP contribution in [-0.2, 0) is 16.4 Å². The number of rotatable bonds is 7. The molecule has 6 rings (SSSR count). The van der Waals surface area contributed by atoms with Crippen molar-refractivity contribution in [1.29, 1.82) is 0 Å². The van der Waals surface area contributed by atoms with Crippen LogP contribution in [0.2, 0.25) is 0 Å². The number of benzene rings is 3. The lowest BCUT2D eigenvalue weighted by molar-refractivity contribution is 0.0947. The van der Waals surface area contributed by atoms with E-state index in [0.29, 0.717) is 25.1 Å². The Labute approximate surface area is 245 Å². The number of carbonyl (C=O) groups is 1. The first-order valence-corrected chi connectivity index (χ1v) is 15.5. The molecule has 0 spiro atoms. The second kappa shape index (κ2) is 11.7. The van der Waals surface area contributed by atoms with Gasteiger partial charge in [0.2, 0.25) is 0 Å². The number of thiazole rings is 1. The largest absolute Gasteiger partial charge is 0.351 e. The molecule has 4 aromatic rings. The molecule has 3 aromatic carbocycles. The number of fused-ring (bicyclic) bond motifs is 2. The quantitative estimate of drug-likeness (QED) is 0.341. The molecule has 0 atom stereocenters. The predicted octanol–water partition coefficient (Wildman–Crippen LogP) is 4.33. The third-order valence-corrected chi connectivity index (χ3v) is 10.3. The second-order valence-electron chi connectivity index (χ2n) is 10.0. The lowest BCUT2D eigenvalue weighted by Gasteiger charge is -2.34. The molecule has 1 aromatic heterocycles. The van der Waals surface area contributed by atoms with Crippen molar-refractivity contribution in [3.8, 4) is 0 Å². The molecule has 2 aliphatic rings. The Kier molecular flexibility index (Phi) is 8.32. The molecule has 11 heteroatoms. The Morgan fingerprint density at radius 1 is 0.975 bits per heavy atom. The summed E-state index contributed by atoms with van der Waals surface area (Å²) in [6, 6.07) is 20.2. The molecule has 1 saturated heterocycles. The third-order valence-electron chi connectivity index (χ3n) is 7.44. The highest BCUT2D eigenvalue weighted by molar-refractivity contribution is 7.92. The second-order valence-corrected chi connectivity index (χ2v) is 12.9. The van der Waals surface area contributed by atoms with Gasteiger partial charge < -0.3 is 10.2 Å². The van der Waals surface area contributed by atoms with Crippen LogP contribution in [0.1, 0.15) is 21.5 Å². The van der Waals surface area contributed by atoms with Crippen molar-refractivity contribution in [2.45, 2.75) is 18.2 Å². The molecular formula is C29H32ClN5O3S2. The minimum Gasteiger partial charge on any atom is -0.351 e. The van der Waals surface area contributed by atoms with Gasteiger partial charge in [-0.25, -0.2) is 13.4 Å². The van der Waals surface area contributed by atoms with Crippen molar-refractivity contribution < 1.29 is 13.2 Å². The first-order valence-electron chi connectivity index (χ1n) is 13.2. The van der Waals surface area contributed by atoms with E-state index in [4.69, 9.17) is 4.98 Å². The van der Waals surface area contributed by atoms with Crippen LogP contribution in [-0.4, -0.2) is 70.0 Å². The van der Waals surface area contributed by atoms with Crippen molar-refractivity contribution in [3.63, 3.8) is 0 Å². The molecule has 3 heterocycles. The van der Waals surface area contributed by atoms with Crippen LogP contribution in [0.4, 0.5) is 10.8 Å². The SMILES string of the molecule is Cc1ccc2nc(N3CCN(CCNC(=O)c4ccc(S(=O)(=O)N5CCc6ccccc65)cc4)CC3)sc2c1.Cl. The van der Waals surface area contributed by atoms with Crippen LogP contribution in [0.5, 0.6) is 0 Å². The van der Waals surface area contributed by atoms with Gasteiger partial charge in [-0.2, -0.15) is 0 Å². The maximum Gasteiger partial charge on any atom is 0.264 e. The number of nitrogens with zero attached hydrogens (tertiary/aromatic N) is 4. The number of sulfonamides is 1. The molecule has 40 heavy (non-hydrogen) atoms. The van der Waals surface area contributed by atoms with Gasteiger partial charge in [-0.15, -0.1) is 12.4 Å². The minimum atomic E-state index is -3.67. The number of piperazine rings is 1. The van der Waals surface area contributed by atoms with Gasteiger partial charge in [-0.05, 0) is 66.9 Å². The zero-order valence-electron chi connectivity index (χ0n) is 22.2. The summed E-state index contributed by atoms with van der Waals surface area (Å²) in [6.45, 7) is 7.47. The van der Waals surface area contributed by atoms with Gasteiger partial charge >= 0.3 is 0 Å². The molecule has 2 aliphatic heterocycles. The summed E-state index contributed by atoms with van der Waals surface area (Å²) in [7, 11) is -3.67. The highest BCUT2D eigenvalue weighted by atomic mass is 35.5. The van der Waals surface area contributed by atoms with Crippen molar-refractivity contribution in [2.75, 3.05) is 55.0 Å². The number of halogens is 1. The third kappa shape index (κ3) is 5.67. The van der Waals surface area contributed by atoms with E-state index in [0.717, 1.165) is 54.6 Å². The fourth-order valence-corrected chi connectivity index (χ4v) is 7.83. The molecule has 0 aliphatic carbocycles. The molecule has 0 saturated carbocycles. The Bertz CT molecular complexity index is 1620. The number of hydrogen-bond acceptors (Lipinski definition) is 7. The van der Waals surface area contributed by atoms with Crippen LogP contribution in [0, 0.1) is 6.92 Å². The first kappa shape index (κ1) is 28.4. The van der Waals surface area contributed by atoms with Crippen LogP contribution >= 0.6 is 23.7 Å². The standard InChI is InChI=1S/C29H31N5O3S2.ClH/c1-21-6-11-25-27(20-21)38-29(31-25)33-18-16-32(17-19-33)15-13-30-28(35)23-7-9-24(10-8-23)39(36,37)34-14-12-22-4-2-3-5-26(22)34;/h2-11,20H,12-19H2,1H3,(H,30,35);1H. The summed E-state index contributed by atoms with van der Waals surface area (Å²) >= 11 is 1.74. The van der Waals surface area contributed by atoms with Gasteiger partial charge in [0.05, 0.1) is 20.8 Å². The van der Waals surface area contributed by atoms with Crippen LogP contribution < -0.4 is 14.5 Å². The monoisotopic (exact) mass is 597 g/mol. The molecule has 1 amide bonds. The summed E-state index contributed by atoms with van der Waals surface area (Å²) in [5.74, 6) is -0.200. The average Bonchev–Trinajstić information content (AvgIpc) is 3.58. The average molecular weight is 598 g/mol. The van der Waals surface area contributed by atoms with Crippen molar-refractivity contribution in [1.82, 2.24) is 15.2 Å². The highest BCUT2D eigenvalue weighted by Gasteiger charge is 2.30. The molecule has 0 radical (unpaired) electrons. The Morgan fingerprint density at radius 3 is 2.50 bits per heavy atom. The fourth-order valence-electron chi connectivity index (χ4n) is 5.21. The number of aryl methyl sites for hydroxylation is 1. The first-order chi connectivity index (χ1) is 18.9. The molecule has 1 fully saturated rings. The van der Waals surface area contributed by atoms with Gasteiger partial charge in [0.1, 0.15) is 0 Å². The van der Waals surface area contributed by atoms with E-state index in [-0.39, 0.29) is 23.2 Å². The van der Waals surface area contributed by atoms with Crippen molar-refractivity contribution in [2.24, 2.45) is 0 Å². The number of amides is 1. The maximum absolute atomic E-state index is 13.2. The maximum atomic E-state index is 13.2. The van der Waals surface area contributed by atoms with E-state index in [1.165, 1.54) is 26.7 Å². The number of anilines is 2. The number of hydrogen-bond donors (Lipinski definition) is 1. The van der Waals surface area contributed by atoms with E-state index >= 15 is 0 Å². The number of para-hydroxylation sites is 1. The van der Waals surface area contributed by atoms with Gasteiger partial charge in [0.15, 0.2) is 5.13 Å². The highest BCUT2D eigenvalue weighted by Crippen LogP contribution is 2.33. The topological polar surface area (TPSA) is 85.9 Å². The van der Waals surface area contributed by atoms with E-state index in [2.05, 4.69) is 40.2 Å².